The molecule has 0 saturated carbocycles. The van der Waals surface area contributed by atoms with Gasteiger partial charge in [0.15, 0.2) is 0 Å². The van der Waals surface area contributed by atoms with E-state index in [0.717, 1.165) is 26.6 Å². The molecule has 0 aliphatic carbocycles. The number of benzene rings is 4. The molecule has 1 atom stereocenters. The summed E-state index contributed by atoms with van der Waals surface area (Å²) in [5, 5.41) is 3.08. The van der Waals surface area contributed by atoms with Crippen molar-refractivity contribution in [2.45, 2.75) is 24.8 Å². The van der Waals surface area contributed by atoms with Crippen molar-refractivity contribution in [2.24, 2.45) is 0 Å². The molecule has 0 fully saturated rings. The van der Waals surface area contributed by atoms with Crippen LogP contribution in [0.25, 0.3) is 0 Å². The average Bonchev–Trinajstić information content (AvgIpc) is 2.92. The van der Waals surface area contributed by atoms with Crippen molar-refractivity contribution < 1.29 is 17.9 Å². The van der Waals surface area contributed by atoms with Crippen molar-refractivity contribution in [3.8, 4) is 5.75 Å². The smallest absolute Gasteiger partial charge is 0.264 e. The molecule has 190 valence electrons. The third-order valence-corrected chi connectivity index (χ3v) is 7.93. The fourth-order valence-corrected chi connectivity index (χ4v) is 5.69. The van der Waals surface area contributed by atoms with Gasteiger partial charge in [0, 0.05) is 0 Å². The molecule has 0 radical (unpaired) electrons. The van der Waals surface area contributed by atoms with Crippen molar-refractivity contribution in [1.82, 2.24) is 5.32 Å². The molecule has 1 amide bonds. The Balaban J connectivity index is 1.75. The van der Waals surface area contributed by atoms with Crippen LogP contribution in [0, 0.1) is 13.8 Å². The monoisotopic (exact) mass is 514 g/mol. The van der Waals surface area contributed by atoms with Crippen LogP contribution in [0.1, 0.15) is 28.3 Å². The predicted molar refractivity (Wildman–Crippen MR) is 146 cm³/mol. The second-order valence-electron chi connectivity index (χ2n) is 8.77. The number of amides is 1. The van der Waals surface area contributed by atoms with Gasteiger partial charge in [-0.15, -0.1) is 0 Å². The van der Waals surface area contributed by atoms with Crippen LogP contribution in [-0.2, 0) is 14.8 Å². The molecule has 0 heterocycles. The Bertz CT molecular complexity index is 1470. The van der Waals surface area contributed by atoms with Crippen LogP contribution in [-0.4, -0.2) is 28.0 Å². The Morgan fingerprint density at radius 1 is 0.865 bits per heavy atom. The van der Waals surface area contributed by atoms with Crippen molar-refractivity contribution >= 4 is 21.6 Å². The van der Waals surface area contributed by atoms with E-state index in [0.29, 0.717) is 11.4 Å². The second-order valence-corrected chi connectivity index (χ2v) is 10.6. The Morgan fingerprint density at radius 3 is 2.14 bits per heavy atom. The topological polar surface area (TPSA) is 75.7 Å². The van der Waals surface area contributed by atoms with Gasteiger partial charge in [0.1, 0.15) is 12.3 Å². The minimum atomic E-state index is -4.08. The van der Waals surface area contributed by atoms with Crippen LogP contribution in [0.2, 0.25) is 0 Å². The highest BCUT2D eigenvalue weighted by molar-refractivity contribution is 7.92. The van der Waals surface area contributed by atoms with Crippen molar-refractivity contribution in [3.05, 3.63) is 125 Å². The third kappa shape index (κ3) is 5.84. The van der Waals surface area contributed by atoms with Crippen LogP contribution in [0.5, 0.6) is 5.75 Å². The summed E-state index contributed by atoms with van der Waals surface area (Å²) in [5.74, 6) is -0.0865. The first-order valence-electron chi connectivity index (χ1n) is 11.9. The van der Waals surface area contributed by atoms with E-state index in [1.54, 1.807) is 30.3 Å². The van der Waals surface area contributed by atoms with E-state index in [1.807, 2.05) is 74.5 Å². The van der Waals surface area contributed by atoms with E-state index < -0.39 is 28.5 Å². The lowest BCUT2D eigenvalue weighted by atomic mass is 9.95. The van der Waals surface area contributed by atoms with E-state index in [2.05, 4.69) is 5.32 Å². The van der Waals surface area contributed by atoms with Crippen LogP contribution in [0.4, 0.5) is 5.69 Å². The summed E-state index contributed by atoms with van der Waals surface area (Å²) in [6, 6.07) is 30.3. The highest BCUT2D eigenvalue weighted by Gasteiger charge is 2.30. The number of hydrogen-bond donors (Lipinski definition) is 1. The first-order valence-corrected chi connectivity index (χ1v) is 13.4. The first kappa shape index (κ1) is 26.0. The van der Waals surface area contributed by atoms with Gasteiger partial charge in [0.2, 0.25) is 5.91 Å². The van der Waals surface area contributed by atoms with Gasteiger partial charge in [-0.25, -0.2) is 8.42 Å². The van der Waals surface area contributed by atoms with Gasteiger partial charge in [-0.2, -0.15) is 0 Å². The van der Waals surface area contributed by atoms with Crippen LogP contribution in [0.15, 0.2) is 108 Å². The number of nitrogens with zero attached hydrogens (tertiary/aromatic N) is 1. The minimum absolute atomic E-state index is 0.0878. The molecule has 6 nitrogen and oxygen atoms in total. The number of rotatable bonds is 9. The number of hydrogen-bond acceptors (Lipinski definition) is 4. The van der Waals surface area contributed by atoms with E-state index in [9.17, 15) is 13.2 Å². The van der Waals surface area contributed by atoms with E-state index in [-0.39, 0.29) is 4.90 Å². The molecule has 0 aliphatic heterocycles. The van der Waals surface area contributed by atoms with Crippen molar-refractivity contribution in [1.29, 1.82) is 0 Å². The van der Waals surface area contributed by atoms with Crippen molar-refractivity contribution in [3.63, 3.8) is 0 Å². The molecule has 0 aromatic heterocycles. The summed E-state index contributed by atoms with van der Waals surface area (Å²) in [6.07, 6.45) is 0. The second kappa shape index (κ2) is 11.3. The molecule has 0 aliphatic rings. The van der Waals surface area contributed by atoms with Gasteiger partial charge in [-0.05, 0) is 60.4 Å². The Morgan fingerprint density at radius 2 is 1.49 bits per heavy atom. The molecular formula is C30H30N2O4S. The van der Waals surface area contributed by atoms with E-state index in [1.165, 1.54) is 19.2 Å². The zero-order valence-electron chi connectivity index (χ0n) is 21.1. The number of methoxy groups -OCH3 is 1. The molecule has 0 saturated heterocycles. The molecule has 37 heavy (non-hydrogen) atoms. The fraction of sp³-hybridized carbons (Fsp3) is 0.167. The molecule has 0 bridgehead atoms. The van der Waals surface area contributed by atoms with Gasteiger partial charge in [-0.1, -0.05) is 78.9 Å². The van der Waals surface area contributed by atoms with Gasteiger partial charge >= 0.3 is 0 Å². The standard InChI is InChI=1S/C30H30N2O4S/c1-22-18-19-28(36-3)27(20-22)32(37(34,35)25-15-8-5-9-16-25)21-29(33)31-30(24-13-6-4-7-14-24)26-17-11-10-12-23(26)2/h4-20,30H,21H2,1-3H3,(H,31,33)/t30-/m1/s1. The highest BCUT2D eigenvalue weighted by Crippen LogP contribution is 2.33. The summed E-state index contributed by atoms with van der Waals surface area (Å²) in [7, 11) is -2.60. The molecule has 0 unspecified atom stereocenters. The SMILES string of the molecule is COc1ccc(C)cc1N(CC(=O)N[C@H](c1ccccc1)c1ccccc1C)S(=O)(=O)c1ccccc1. The van der Waals surface area contributed by atoms with E-state index >= 15 is 0 Å². The van der Waals surface area contributed by atoms with Gasteiger partial charge < -0.3 is 10.1 Å². The molecule has 4 rings (SSSR count). The molecule has 4 aromatic rings. The normalized spacial score (nSPS) is 12.0. The number of carbonyl (C=O) groups is 1. The number of sulfonamides is 1. The number of carbonyl (C=O) groups excluding carboxylic acids is 1. The predicted octanol–water partition coefficient (Wildman–Crippen LogP) is 5.41. The van der Waals surface area contributed by atoms with E-state index in [4.69, 9.17) is 4.74 Å². The largest absolute Gasteiger partial charge is 0.495 e. The van der Waals surface area contributed by atoms with Crippen molar-refractivity contribution in [2.75, 3.05) is 18.0 Å². The maximum Gasteiger partial charge on any atom is 0.264 e. The van der Waals surface area contributed by atoms with Gasteiger partial charge in [0.25, 0.3) is 10.0 Å². The first-order chi connectivity index (χ1) is 17.8. The van der Waals surface area contributed by atoms with Crippen LogP contribution < -0.4 is 14.4 Å². The molecular weight excluding hydrogens is 484 g/mol. The lowest BCUT2D eigenvalue weighted by Gasteiger charge is -2.28. The molecule has 7 heteroatoms. The average molecular weight is 515 g/mol. The zero-order chi connectivity index (χ0) is 26.4. The molecule has 0 spiro atoms. The third-order valence-electron chi connectivity index (χ3n) is 6.16. The minimum Gasteiger partial charge on any atom is -0.495 e. The fourth-order valence-electron chi connectivity index (χ4n) is 4.25. The number of anilines is 1. The number of aryl methyl sites for hydroxylation is 2. The molecule has 1 N–H and O–H groups in total. The number of nitrogens with one attached hydrogen (secondary N) is 1. The maximum atomic E-state index is 13.8. The summed E-state index contributed by atoms with van der Waals surface area (Å²) in [4.78, 5) is 13.7. The molecule has 4 aromatic carbocycles. The maximum absolute atomic E-state index is 13.8. The van der Waals surface area contributed by atoms with Gasteiger partial charge in [-0.3, -0.25) is 9.10 Å². The number of ether oxygens (including phenoxy) is 1. The summed E-state index contributed by atoms with van der Waals surface area (Å²) in [6.45, 7) is 3.42. The van der Waals surface area contributed by atoms with Gasteiger partial charge in [0.05, 0.1) is 23.7 Å². The Labute approximate surface area is 218 Å². The lowest BCUT2D eigenvalue weighted by Crippen LogP contribution is -2.42. The highest BCUT2D eigenvalue weighted by atomic mass is 32.2. The lowest BCUT2D eigenvalue weighted by molar-refractivity contribution is -0.120. The van der Waals surface area contributed by atoms with Crippen LogP contribution in [0.3, 0.4) is 0 Å². The zero-order valence-corrected chi connectivity index (χ0v) is 21.9. The Hall–Kier alpha value is -4.10. The summed E-state index contributed by atoms with van der Waals surface area (Å²) >= 11 is 0. The summed E-state index contributed by atoms with van der Waals surface area (Å²) in [5.41, 5.74) is 3.99. The quantitative estimate of drug-likeness (QED) is 0.324. The van der Waals surface area contributed by atoms with Crippen LogP contribution >= 0.6 is 0 Å². The summed E-state index contributed by atoms with van der Waals surface area (Å²) < 4.78 is 34.2. The Kier molecular flexibility index (Phi) is 7.94.